The van der Waals surface area contributed by atoms with E-state index in [4.69, 9.17) is 14.9 Å². The number of rotatable bonds is 6. The standard InChI is InChI=1S/C22H27F3N4O5/c1-28(9-8-16-13-33-12-10-29(16)20(31)17-3-2-11-34-17)19(30)15-6-4-14(5-7-15)18(26)27-21(32)22(23,24)25/h4-7,16-17H,2-3,8-13H2,1H3,(H2,26,27,32). The van der Waals surface area contributed by atoms with E-state index in [9.17, 15) is 27.6 Å². The lowest BCUT2D eigenvalue weighted by atomic mass is 10.1. The number of carbonyl (C=O) groups excluding carboxylic acids is 3. The first-order valence-electron chi connectivity index (χ1n) is 10.9. The maximum absolute atomic E-state index is 12.8. The Morgan fingerprint density at radius 3 is 2.47 bits per heavy atom. The summed E-state index contributed by atoms with van der Waals surface area (Å²) in [6, 6.07) is 5.15. The third-order valence-corrected chi connectivity index (χ3v) is 5.78. The molecule has 9 nitrogen and oxygen atoms in total. The molecule has 3 rings (SSSR count). The lowest BCUT2D eigenvalue weighted by Crippen LogP contribution is -2.52. The molecule has 0 bridgehead atoms. The highest BCUT2D eigenvalue weighted by Gasteiger charge is 2.39. The zero-order chi connectivity index (χ0) is 24.9. The van der Waals surface area contributed by atoms with Gasteiger partial charge in [-0.1, -0.05) is 12.1 Å². The van der Waals surface area contributed by atoms with Crippen LogP contribution in [-0.4, -0.2) is 91.6 Å². The molecular weight excluding hydrogens is 457 g/mol. The van der Waals surface area contributed by atoms with Gasteiger partial charge in [-0.25, -0.2) is 0 Å². The number of amidine groups is 1. The van der Waals surface area contributed by atoms with Gasteiger partial charge in [0, 0.05) is 37.9 Å². The van der Waals surface area contributed by atoms with Gasteiger partial charge in [-0.3, -0.25) is 19.8 Å². The molecule has 186 valence electrons. The van der Waals surface area contributed by atoms with Crippen LogP contribution >= 0.6 is 0 Å². The molecule has 3 amide bonds. The monoisotopic (exact) mass is 484 g/mol. The van der Waals surface area contributed by atoms with Gasteiger partial charge in [0.1, 0.15) is 11.9 Å². The minimum absolute atomic E-state index is 0.0273. The van der Waals surface area contributed by atoms with Gasteiger partial charge in [-0.2, -0.15) is 13.2 Å². The number of hydrogen-bond acceptors (Lipinski definition) is 6. The van der Waals surface area contributed by atoms with Crippen molar-refractivity contribution in [2.45, 2.75) is 37.6 Å². The summed E-state index contributed by atoms with van der Waals surface area (Å²) in [6.45, 7) is 2.23. The molecule has 34 heavy (non-hydrogen) atoms. The molecule has 0 radical (unpaired) electrons. The molecule has 0 spiro atoms. The molecule has 0 saturated carbocycles. The van der Waals surface area contributed by atoms with Gasteiger partial charge in [0.2, 0.25) is 0 Å². The zero-order valence-corrected chi connectivity index (χ0v) is 18.7. The van der Waals surface area contributed by atoms with Crippen LogP contribution in [0.3, 0.4) is 0 Å². The molecule has 2 N–H and O–H groups in total. The van der Waals surface area contributed by atoms with E-state index in [0.29, 0.717) is 45.8 Å². The number of amides is 3. The van der Waals surface area contributed by atoms with Gasteiger partial charge in [0.15, 0.2) is 0 Å². The van der Waals surface area contributed by atoms with Gasteiger partial charge < -0.3 is 24.6 Å². The molecule has 2 aliphatic rings. The van der Waals surface area contributed by atoms with E-state index in [1.807, 2.05) is 0 Å². The van der Waals surface area contributed by atoms with E-state index in [1.54, 1.807) is 11.9 Å². The number of nitrogens with zero attached hydrogens (tertiary/aromatic N) is 2. The Morgan fingerprint density at radius 1 is 1.18 bits per heavy atom. The molecule has 2 fully saturated rings. The Labute approximate surface area is 194 Å². The van der Waals surface area contributed by atoms with Crippen molar-refractivity contribution >= 4 is 23.6 Å². The summed E-state index contributed by atoms with van der Waals surface area (Å²) >= 11 is 0. The minimum atomic E-state index is -5.10. The van der Waals surface area contributed by atoms with Crippen molar-refractivity contribution in [2.24, 2.45) is 0 Å². The number of morpholine rings is 1. The van der Waals surface area contributed by atoms with Crippen molar-refractivity contribution in [1.29, 1.82) is 5.41 Å². The van der Waals surface area contributed by atoms with Crippen LogP contribution in [-0.2, 0) is 19.1 Å². The van der Waals surface area contributed by atoms with Crippen LogP contribution < -0.4 is 5.32 Å². The molecule has 0 aliphatic carbocycles. The summed E-state index contributed by atoms with van der Waals surface area (Å²) < 4.78 is 48.1. The van der Waals surface area contributed by atoms with Crippen molar-refractivity contribution in [3.8, 4) is 0 Å². The first-order chi connectivity index (χ1) is 16.1. The van der Waals surface area contributed by atoms with Gasteiger partial charge in [-0.05, 0) is 31.4 Å². The highest BCUT2D eigenvalue weighted by Crippen LogP contribution is 2.20. The third-order valence-electron chi connectivity index (χ3n) is 5.78. The SMILES string of the molecule is CN(CCC1COCCN1C(=O)C1CCCO1)C(=O)c1ccc(C(=N)NC(=O)C(F)(F)F)cc1. The Bertz CT molecular complexity index is 916. The second kappa shape index (κ2) is 11.0. The molecule has 2 unspecified atom stereocenters. The number of nitrogens with one attached hydrogen (secondary N) is 2. The second-order valence-electron chi connectivity index (χ2n) is 8.18. The van der Waals surface area contributed by atoms with Gasteiger partial charge in [0.05, 0.1) is 19.3 Å². The lowest BCUT2D eigenvalue weighted by Gasteiger charge is -2.37. The number of hydrogen-bond donors (Lipinski definition) is 2. The van der Waals surface area contributed by atoms with Crippen molar-refractivity contribution in [2.75, 3.05) is 40.0 Å². The van der Waals surface area contributed by atoms with Gasteiger partial charge >= 0.3 is 12.1 Å². The van der Waals surface area contributed by atoms with Crippen LogP contribution in [0.25, 0.3) is 0 Å². The average Bonchev–Trinajstić information content (AvgIpc) is 3.36. The van der Waals surface area contributed by atoms with E-state index in [1.165, 1.54) is 34.5 Å². The molecule has 1 aromatic rings. The molecule has 0 aromatic heterocycles. The normalized spacial score (nSPS) is 20.6. The van der Waals surface area contributed by atoms with E-state index in [2.05, 4.69) is 0 Å². The van der Waals surface area contributed by atoms with Gasteiger partial charge in [-0.15, -0.1) is 0 Å². The molecule has 12 heteroatoms. The zero-order valence-electron chi connectivity index (χ0n) is 18.7. The third kappa shape index (κ3) is 6.32. The lowest BCUT2D eigenvalue weighted by molar-refractivity contribution is -0.171. The molecule has 1 aromatic carbocycles. The maximum atomic E-state index is 12.8. The molecule has 2 heterocycles. The van der Waals surface area contributed by atoms with Crippen LogP contribution in [0.15, 0.2) is 24.3 Å². The summed E-state index contributed by atoms with van der Waals surface area (Å²) in [4.78, 5) is 39.8. The summed E-state index contributed by atoms with van der Waals surface area (Å²) in [5, 5.41) is 9.09. The van der Waals surface area contributed by atoms with E-state index in [-0.39, 0.29) is 29.0 Å². The van der Waals surface area contributed by atoms with Crippen molar-refractivity contribution in [3.05, 3.63) is 35.4 Å². The Balaban J connectivity index is 1.55. The Hall–Kier alpha value is -2.99. The number of alkyl halides is 3. The van der Waals surface area contributed by atoms with Crippen molar-refractivity contribution in [1.82, 2.24) is 15.1 Å². The molecule has 2 saturated heterocycles. The molecule has 2 aliphatic heterocycles. The fourth-order valence-electron chi connectivity index (χ4n) is 3.84. The smallest absolute Gasteiger partial charge is 0.377 e. The van der Waals surface area contributed by atoms with E-state index < -0.39 is 24.0 Å². The van der Waals surface area contributed by atoms with Crippen LogP contribution in [0.1, 0.15) is 35.2 Å². The fourth-order valence-corrected chi connectivity index (χ4v) is 3.84. The predicted molar refractivity (Wildman–Crippen MR) is 114 cm³/mol. The number of ether oxygens (including phenoxy) is 2. The van der Waals surface area contributed by atoms with E-state index >= 15 is 0 Å². The second-order valence-corrected chi connectivity index (χ2v) is 8.18. The Kier molecular flexibility index (Phi) is 8.26. The summed E-state index contributed by atoms with van der Waals surface area (Å²) in [6.07, 6.45) is -3.45. The topological polar surface area (TPSA) is 112 Å². The Morgan fingerprint density at radius 2 is 1.85 bits per heavy atom. The highest BCUT2D eigenvalue weighted by molar-refractivity contribution is 6.08. The fraction of sp³-hybridized carbons (Fsp3) is 0.545. The van der Waals surface area contributed by atoms with Gasteiger partial charge in [0.25, 0.3) is 11.8 Å². The van der Waals surface area contributed by atoms with Crippen LogP contribution in [0.2, 0.25) is 0 Å². The number of carbonyl (C=O) groups is 3. The van der Waals surface area contributed by atoms with Crippen LogP contribution in [0, 0.1) is 5.41 Å². The molecule has 2 atom stereocenters. The summed E-state index contributed by atoms with van der Waals surface area (Å²) in [5.74, 6) is -3.33. The summed E-state index contributed by atoms with van der Waals surface area (Å²) in [5.41, 5.74) is 0.299. The first-order valence-corrected chi connectivity index (χ1v) is 10.9. The van der Waals surface area contributed by atoms with Crippen molar-refractivity contribution < 1.29 is 37.0 Å². The number of halogens is 3. The highest BCUT2D eigenvalue weighted by atomic mass is 19.4. The van der Waals surface area contributed by atoms with Crippen LogP contribution in [0.5, 0.6) is 0 Å². The minimum Gasteiger partial charge on any atom is -0.377 e. The van der Waals surface area contributed by atoms with E-state index in [0.717, 1.165) is 6.42 Å². The number of benzene rings is 1. The van der Waals surface area contributed by atoms with Crippen molar-refractivity contribution in [3.63, 3.8) is 0 Å². The average molecular weight is 484 g/mol. The largest absolute Gasteiger partial charge is 0.471 e. The maximum Gasteiger partial charge on any atom is 0.471 e. The first kappa shape index (κ1) is 25.6. The quantitative estimate of drug-likeness (QED) is 0.470. The van der Waals surface area contributed by atoms with Crippen LogP contribution in [0.4, 0.5) is 13.2 Å². The summed E-state index contributed by atoms with van der Waals surface area (Å²) in [7, 11) is 1.61. The molecular formula is C22H27F3N4O5. The predicted octanol–water partition coefficient (Wildman–Crippen LogP) is 1.56.